The lowest BCUT2D eigenvalue weighted by Crippen LogP contribution is -2.47. The average molecular weight is 545 g/mol. The number of ether oxygens (including phenoxy) is 2. The number of H-pyrrole nitrogens is 1. The van der Waals surface area contributed by atoms with Crippen molar-refractivity contribution in [2.24, 2.45) is 5.92 Å². The number of methoxy groups -OCH3 is 1. The van der Waals surface area contributed by atoms with E-state index in [1.54, 1.807) is 13.4 Å². The highest BCUT2D eigenvalue weighted by Crippen LogP contribution is 2.33. The number of piperidine rings is 2. The predicted molar refractivity (Wildman–Crippen MR) is 157 cm³/mol. The van der Waals surface area contributed by atoms with Crippen LogP contribution in [0.1, 0.15) is 48.7 Å². The highest BCUT2D eigenvalue weighted by atomic mass is 16.5. The molecule has 0 bridgehead atoms. The van der Waals surface area contributed by atoms with Crippen molar-refractivity contribution in [1.29, 1.82) is 0 Å². The van der Waals surface area contributed by atoms with Crippen LogP contribution < -0.4 is 14.8 Å². The predicted octanol–water partition coefficient (Wildman–Crippen LogP) is 5.43. The standard InChI is InChI=1S/C32H40N4O4/c1-22-6-5-13-36(19-22)17-16-35-14-11-24(12-15-35)33-32(37)27-18-25-26(34-27)7-3-8-28(25)39-20-23-21-40-30-10-4-9-29(38-2)31(23)30/h3-4,7-10,18,21-22,24,34H,5-6,11-17,19-20H2,1-2H3,(H,33,37). The Kier molecular flexibility index (Phi) is 7.98. The summed E-state index contributed by atoms with van der Waals surface area (Å²) in [5.74, 6) is 2.23. The molecule has 0 saturated carbocycles. The normalized spacial score (nSPS) is 19.3. The summed E-state index contributed by atoms with van der Waals surface area (Å²) >= 11 is 0. The third kappa shape index (κ3) is 5.83. The van der Waals surface area contributed by atoms with Crippen molar-refractivity contribution >= 4 is 27.8 Å². The van der Waals surface area contributed by atoms with Gasteiger partial charge < -0.3 is 34.0 Å². The second kappa shape index (κ2) is 11.9. The molecule has 40 heavy (non-hydrogen) atoms. The number of amides is 1. The first kappa shape index (κ1) is 26.7. The molecule has 4 heterocycles. The van der Waals surface area contributed by atoms with Crippen LogP contribution in [0.15, 0.2) is 53.1 Å². The van der Waals surface area contributed by atoms with E-state index in [-0.39, 0.29) is 11.9 Å². The monoisotopic (exact) mass is 544 g/mol. The Hall–Kier alpha value is -3.49. The number of likely N-dealkylation sites (tertiary alicyclic amines) is 2. The van der Waals surface area contributed by atoms with Crippen molar-refractivity contribution in [3.63, 3.8) is 0 Å². The molecule has 0 spiro atoms. The van der Waals surface area contributed by atoms with Crippen LogP contribution in [0.2, 0.25) is 0 Å². The van der Waals surface area contributed by atoms with Crippen LogP contribution in [-0.2, 0) is 6.61 Å². The zero-order chi connectivity index (χ0) is 27.5. The molecule has 1 amide bonds. The van der Waals surface area contributed by atoms with Gasteiger partial charge in [-0.1, -0.05) is 19.1 Å². The molecule has 2 fully saturated rings. The van der Waals surface area contributed by atoms with Crippen LogP contribution in [0.3, 0.4) is 0 Å². The zero-order valence-corrected chi connectivity index (χ0v) is 23.6. The van der Waals surface area contributed by atoms with Gasteiger partial charge in [-0.15, -0.1) is 0 Å². The van der Waals surface area contributed by atoms with E-state index >= 15 is 0 Å². The maximum absolute atomic E-state index is 13.2. The minimum atomic E-state index is -0.0616. The smallest absolute Gasteiger partial charge is 0.267 e. The van der Waals surface area contributed by atoms with Gasteiger partial charge in [0.05, 0.1) is 18.8 Å². The van der Waals surface area contributed by atoms with E-state index in [4.69, 9.17) is 13.9 Å². The first-order chi connectivity index (χ1) is 19.6. The van der Waals surface area contributed by atoms with Crippen molar-refractivity contribution in [3.8, 4) is 11.5 Å². The lowest BCUT2D eigenvalue weighted by atomic mass is 10.0. The van der Waals surface area contributed by atoms with Crippen LogP contribution in [0, 0.1) is 5.92 Å². The summed E-state index contributed by atoms with van der Waals surface area (Å²) in [4.78, 5) is 21.6. The summed E-state index contributed by atoms with van der Waals surface area (Å²) in [6.45, 7) is 9.52. The quantitative estimate of drug-likeness (QED) is 0.293. The van der Waals surface area contributed by atoms with Crippen molar-refractivity contribution in [1.82, 2.24) is 20.1 Å². The van der Waals surface area contributed by atoms with Gasteiger partial charge in [-0.05, 0) is 68.5 Å². The van der Waals surface area contributed by atoms with E-state index in [0.717, 1.165) is 78.1 Å². The third-order valence-corrected chi connectivity index (χ3v) is 8.51. The van der Waals surface area contributed by atoms with Crippen molar-refractivity contribution in [2.45, 2.75) is 45.3 Å². The Morgan fingerprint density at radius 1 is 1.05 bits per heavy atom. The summed E-state index contributed by atoms with van der Waals surface area (Å²) in [5, 5.41) is 5.06. The minimum absolute atomic E-state index is 0.0616. The maximum Gasteiger partial charge on any atom is 0.267 e. The molecule has 2 N–H and O–H groups in total. The fourth-order valence-corrected chi connectivity index (χ4v) is 6.26. The molecule has 4 aromatic rings. The highest BCUT2D eigenvalue weighted by molar-refractivity contribution is 5.99. The number of aromatic nitrogens is 1. The Morgan fingerprint density at radius 2 is 1.85 bits per heavy atom. The number of rotatable bonds is 9. The van der Waals surface area contributed by atoms with Crippen molar-refractivity contribution in [2.75, 3.05) is 46.4 Å². The SMILES string of the molecule is COc1cccc2occ(COc3cccc4[nH]c(C(=O)NC5CCN(CCN6CCCC(C)C6)CC5)cc34)c12. The number of aromatic amines is 1. The zero-order valence-electron chi connectivity index (χ0n) is 23.6. The topological polar surface area (TPSA) is 83.0 Å². The molecule has 212 valence electrons. The van der Waals surface area contributed by atoms with E-state index in [1.807, 2.05) is 42.5 Å². The van der Waals surface area contributed by atoms with Crippen molar-refractivity contribution in [3.05, 3.63) is 60.0 Å². The number of carbonyl (C=O) groups excluding carboxylic acids is 1. The molecule has 8 nitrogen and oxygen atoms in total. The molecule has 1 unspecified atom stereocenters. The molecule has 2 aromatic heterocycles. The molecule has 2 saturated heterocycles. The van der Waals surface area contributed by atoms with Gasteiger partial charge >= 0.3 is 0 Å². The van der Waals surface area contributed by atoms with Gasteiger partial charge in [-0.25, -0.2) is 0 Å². The summed E-state index contributed by atoms with van der Waals surface area (Å²) in [7, 11) is 1.65. The van der Waals surface area contributed by atoms with Gasteiger partial charge in [0, 0.05) is 55.2 Å². The number of carbonyl (C=O) groups is 1. The number of hydrogen-bond acceptors (Lipinski definition) is 6. The molecular formula is C32H40N4O4. The maximum atomic E-state index is 13.2. The largest absolute Gasteiger partial charge is 0.496 e. The molecule has 0 radical (unpaired) electrons. The number of fused-ring (bicyclic) bond motifs is 2. The molecule has 6 rings (SSSR count). The van der Waals surface area contributed by atoms with Crippen LogP contribution in [-0.4, -0.2) is 73.1 Å². The molecule has 0 aliphatic carbocycles. The fraction of sp³-hybridized carbons (Fsp3) is 0.469. The van der Waals surface area contributed by atoms with E-state index in [9.17, 15) is 4.79 Å². The molecule has 2 aromatic carbocycles. The second-order valence-corrected chi connectivity index (χ2v) is 11.4. The van der Waals surface area contributed by atoms with Gasteiger partial charge in [0.25, 0.3) is 5.91 Å². The first-order valence-electron chi connectivity index (χ1n) is 14.6. The van der Waals surface area contributed by atoms with Crippen LogP contribution in [0.5, 0.6) is 11.5 Å². The molecular weight excluding hydrogens is 504 g/mol. The Bertz CT molecular complexity index is 1450. The fourth-order valence-electron chi connectivity index (χ4n) is 6.26. The van der Waals surface area contributed by atoms with E-state index in [2.05, 4.69) is 27.0 Å². The van der Waals surface area contributed by atoms with Crippen LogP contribution in [0.25, 0.3) is 21.9 Å². The lowest BCUT2D eigenvalue weighted by Gasteiger charge is -2.36. The number of nitrogens with zero attached hydrogens (tertiary/aromatic N) is 2. The average Bonchev–Trinajstić information content (AvgIpc) is 3.61. The number of benzene rings is 2. The molecule has 1 atom stereocenters. The summed E-state index contributed by atoms with van der Waals surface area (Å²) in [5.41, 5.74) is 3.11. The minimum Gasteiger partial charge on any atom is -0.496 e. The highest BCUT2D eigenvalue weighted by Gasteiger charge is 2.23. The first-order valence-corrected chi connectivity index (χ1v) is 14.6. The Labute approximate surface area is 235 Å². The van der Waals surface area contributed by atoms with Gasteiger partial charge in [-0.3, -0.25) is 4.79 Å². The van der Waals surface area contributed by atoms with E-state index in [1.165, 1.54) is 25.9 Å². The third-order valence-electron chi connectivity index (χ3n) is 8.51. The van der Waals surface area contributed by atoms with Crippen LogP contribution >= 0.6 is 0 Å². The molecule has 8 heteroatoms. The summed E-state index contributed by atoms with van der Waals surface area (Å²) in [6, 6.07) is 13.7. The Balaban J connectivity index is 1.04. The molecule has 2 aliphatic rings. The van der Waals surface area contributed by atoms with E-state index in [0.29, 0.717) is 18.1 Å². The van der Waals surface area contributed by atoms with Gasteiger partial charge in [0.2, 0.25) is 0 Å². The molecule has 2 aliphatic heterocycles. The van der Waals surface area contributed by atoms with Gasteiger partial charge in [0.15, 0.2) is 0 Å². The number of nitrogens with one attached hydrogen (secondary N) is 2. The second-order valence-electron chi connectivity index (χ2n) is 11.4. The number of hydrogen-bond donors (Lipinski definition) is 2. The van der Waals surface area contributed by atoms with Crippen molar-refractivity contribution < 1.29 is 18.7 Å². The lowest BCUT2D eigenvalue weighted by molar-refractivity contribution is 0.0898. The summed E-state index contributed by atoms with van der Waals surface area (Å²) in [6.07, 6.45) is 6.37. The van der Waals surface area contributed by atoms with Gasteiger partial charge in [0.1, 0.15) is 29.4 Å². The van der Waals surface area contributed by atoms with Crippen LogP contribution in [0.4, 0.5) is 0 Å². The van der Waals surface area contributed by atoms with E-state index < -0.39 is 0 Å². The number of furan rings is 1. The summed E-state index contributed by atoms with van der Waals surface area (Å²) < 4.78 is 17.4. The Morgan fingerprint density at radius 3 is 2.67 bits per heavy atom. The van der Waals surface area contributed by atoms with Gasteiger partial charge in [-0.2, -0.15) is 0 Å².